The molecule has 55 heavy (non-hydrogen) atoms. The lowest BCUT2D eigenvalue weighted by atomic mass is 9.95. The molecule has 5 aromatic rings. The largest absolute Gasteiger partial charge is 0.480 e. The van der Waals surface area contributed by atoms with Crippen LogP contribution in [0.25, 0.3) is 27.8 Å². The first kappa shape index (κ1) is 39.2. The second kappa shape index (κ2) is 15.0. The van der Waals surface area contributed by atoms with E-state index in [0.717, 1.165) is 34.1 Å². The van der Waals surface area contributed by atoms with Gasteiger partial charge in [-0.1, -0.05) is 45.9 Å². The van der Waals surface area contributed by atoms with Gasteiger partial charge in [0.1, 0.15) is 17.5 Å². The summed E-state index contributed by atoms with van der Waals surface area (Å²) in [6, 6.07) is 7.75. The second-order valence-corrected chi connectivity index (χ2v) is 15.1. The minimum atomic E-state index is -4.59. The van der Waals surface area contributed by atoms with Crippen LogP contribution in [0.4, 0.5) is 28.3 Å². The highest BCUT2D eigenvalue weighted by Crippen LogP contribution is 2.41. The second-order valence-electron chi connectivity index (χ2n) is 15.1. The normalized spacial score (nSPS) is 14.0. The van der Waals surface area contributed by atoms with E-state index in [1.54, 1.807) is 56.5 Å². The number of aromatic amines is 1. The summed E-state index contributed by atoms with van der Waals surface area (Å²) >= 11 is 0. The van der Waals surface area contributed by atoms with Crippen molar-refractivity contribution < 1.29 is 37.0 Å². The third-order valence-corrected chi connectivity index (χ3v) is 9.76. The molecule has 2 N–H and O–H groups in total. The lowest BCUT2D eigenvalue weighted by molar-refractivity contribution is -0.145. The van der Waals surface area contributed by atoms with Crippen molar-refractivity contribution >= 4 is 28.9 Å². The minimum absolute atomic E-state index is 0.100. The number of carbonyl (C=O) groups excluding carboxylic acids is 1. The van der Waals surface area contributed by atoms with Crippen molar-refractivity contribution in [3.63, 3.8) is 0 Å². The van der Waals surface area contributed by atoms with Crippen molar-refractivity contribution in [1.29, 1.82) is 0 Å². The van der Waals surface area contributed by atoms with Crippen molar-refractivity contribution in [2.75, 3.05) is 11.4 Å². The van der Waals surface area contributed by atoms with Crippen LogP contribution in [0.2, 0.25) is 0 Å². The van der Waals surface area contributed by atoms with Crippen molar-refractivity contribution in [2.24, 2.45) is 5.92 Å². The average molecular weight is 764 g/mol. The molecule has 3 aromatic heterocycles. The fourth-order valence-corrected chi connectivity index (χ4v) is 7.27. The fraction of sp³-hybridized carbons (Fsp3) is 0.425. The van der Waals surface area contributed by atoms with Crippen LogP contribution in [0.15, 0.2) is 48.9 Å². The summed E-state index contributed by atoms with van der Waals surface area (Å²) in [6.07, 6.45) is -0.556. The van der Waals surface area contributed by atoms with Gasteiger partial charge in [-0.3, -0.25) is 4.90 Å². The number of hydrogen-bond acceptors (Lipinski definition) is 7. The van der Waals surface area contributed by atoms with Gasteiger partial charge in [-0.05, 0) is 68.4 Å². The number of ether oxygens (including phenoxy) is 1. The maximum absolute atomic E-state index is 17.2. The molecule has 1 amide bonds. The zero-order valence-electron chi connectivity index (χ0n) is 31.9. The lowest BCUT2D eigenvalue weighted by Crippen LogP contribution is -2.49. The zero-order valence-corrected chi connectivity index (χ0v) is 31.9. The average Bonchev–Trinajstić information content (AvgIpc) is 3.75. The van der Waals surface area contributed by atoms with Crippen LogP contribution in [-0.2, 0) is 48.1 Å². The molecule has 15 heteroatoms. The molecule has 0 spiro atoms. The van der Waals surface area contributed by atoms with Crippen molar-refractivity contribution in [3.8, 4) is 16.9 Å². The van der Waals surface area contributed by atoms with Gasteiger partial charge in [-0.15, -0.1) is 0 Å². The number of para-hydroxylation sites is 1. The van der Waals surface area contributed by atoms with Crippen molar-refractivity contribution in [3.05, 3.63) is 88.3 Å². The van der Waals surface area contributed by atoms with E-state index in [1.165, 1.54) is 6.07 Å². The molecule has 2 aromatic carbocycles. The molecular formula is C40H45F4N7O4. The maximum atomic E-state index is 17.2. The van der Waals surface area contributed by atoms with E-state index in [-0.39, 0.29) is 24.6 Å². The molecular weight excluding hydrogens is 718 g/mol. The summed E-state index contributed by atoms with van der Waals surface area (Å²) < 4.78 is 64.7. The monoisotopic (exact) mass is 763 g/mol. The number of alkyl halides is 3. The number of halogens is 4. The highest BCUT2D eigenvalue weighted by molar-refractivity contribution is 5.98. The smallest absolute Gasteiger partial charge is 0.419 e. The van der Waals surface area contributed by atoms with Gasteiger partial charge in [0.05, 0.1) is 34.7 Å². The van der Waals surface area contributed by atoms with E-state index in [0.29, 0.717) is 59.2 Å². The highest BCUT2D eigenvalue weighted by atomic mass is 19.4. The van der Waals surface area contributed by atoms with Crippen LogP contribution in [0, 0.1) is 11.7 Å². The van der Waals surface area contributed by atoms with E-state index < -0.39 is 47.2 Å². The Hall–Kier alpha value is -5.47. The Balaban J connectivity index is 1.55. The predicted molar refractivity (Wildman–Crippen MR) is 199 cm³/mol. The Morgan fingerprint density at radius 1 is 1.04 bits per heavy atom. The molecule has 11 nitrogen and oxygen atoms in total. The number of rotatable bonds is 10. The van der Waals surface area contributed by atoms with Crippen LogP contribution in [0.3, 0.4) is 0 Å². The van der Waals surface area contributed by atoms with Gasteiger partial charge in [0.25, 0.3) is 0 Å². The number of carboxylic acid groups (broad SMARTS) is 1. The molecule has 0 aliphatic carbocycles. The Morgan fingerprint density at radius 2 is 1.69 bits per heavy atom. The van der Waals surface area contributed by atoms with Gasteiger partial charge < -0.3 is 19.7 Å². The molecule has 6 rings (SSSR count). The van der Waals surface area contributed by atoms with Gasteiger partial charge in [0.2, 0.25) is 5.95 Å². The molecule has 0 unspecified atom stereocenters. The number of aryl methyl sites for hydroxylation is 2. The molecule has 0 saturated carbocycles. The standard InChI is InChI=1S/C40H45F4N7O4/c1-8-23-11-10-12-24(9-2)34(23)51-35(28-21-49(16-14-30(28)48-51)37-46-18-26(19-47-37)40(42,43)44)31-27-13-15-45-32(27)25(17-29(31)41)20-50(33(22(3)4)36(52)53)38(54)55-39(5,6)7/h10-13,15,17-19,22,33,45H,8-9,14,16,20-21H2,1-7H3,(H,52,53)/t33-/m0/s1. The number of hydrogen-bond donors (Lipinski definition) is 2. The number of carboxylic acids is 1. The lowest BCUT2D eigenvalue weighted by Gasteiger charge is -2.33. The van der Waals surface area contributed by atoms with E-state index in [4.69, 9.17) is 9.84 Å². The molecule has 1 aliphatic heterocycles. The van der Waals surface area contributed by atoms with Crippen LogP contribution in [0.1, 0.15) is 82.0 Å². The molecule has 292 valence electrons. The van der Waals surface area contributed by atoms with Gasteiger partial charge >= 0.3 is 18.2 Å². The number of H-pyrrole nitrogens is 1. The number of carbonyl (C=O) groups is 2. The number of aliphatic carboxylic acids is 1. The Bertz CT molecular complexity index is 2200. The molecule has 0 saturated heterocycles. The van der Waals surface area contributed by atoms with Crippen LogP contribution < -0.4 is 4.90 Å². The zero-order chi connectivity index (χ0) is 40.0. The number of anilines is 1. The summed E-state index contributed by atoms with van der Waals surface area (Å²) in [6.45, 7) is 12.7. The fourth-order valence-electron chi connectivity index (χ4n) is 7.27. The Labute approximate surface area is 316 Å². The minimum Gasteiger partial charge on any atom is -0.480 e. The van der Waals surface area contributed by atoms with Crippen molar-refractivity contribution in [2.45, 2.75) is 98.6 Å². The van der Waals surface area contributed by atoms with E-state index in [1.807, 2.05) is 32.0 Å². The molecule has 0 fully saturated rings. The summed E-state index contributed by atoms with van der Waals surface area (Å²) in [5.41, 5.74) is 3.79. The first-order valence-corrected chi connectivity index (χ1v) is 18.3. The summed E-state index contributed by atoms with van der Waals surface area (Å²) in [5, 5.41) is 15.8. The maximum Gasteiger partial charge on any atom is 0.419 e. The number of fused-ring (bicyclic) bond motifs is 2. The van der Waals surface area contributed by atoms with Crippen LogP contribution in [0.5, 0.6) is 0 Å². The number of amides is 1. The highest BCUT2D eigenvalue weighted by Gasteiger charge is 2.37. The number of nitrogens with one attached hydrogen (secondary N) is 1. The molecule has 4 heterocycles. The van der Waals surface area contributed by atoms with Crippen molar-refractivity contribution in [1.82, 2.24) is 29.6 Å². The van der Waals surface area contributed by atoms with Crippen LogP contribution >= 0.6 is 0 Å². The number of nitrogens with zero attached hydrogens (tertiary/aromatic N) is 6. The first-order valence-electron chi connectivity index (χ1n) is 18.3. The molecule has 0 bridgehead atoms. The first-order chi connectivity index (χ1) is 25.9. The van der Waals surface area contributed by atoms with E-state index in [9.17, 15) is 27.9 Å². The number of benzene rings is 2. The van der Waals surface area contributed by atoms with Gasteiger partial charge in [0.15, 0.2) is 0 Å². The third-order valence-electron chi connectivity index (χ3n) is 9.76. The molecule has 1 aliphatic rings. The van der Waals surface area contributed by atoms with E-state index >= 15 is 4.39 Å². The van der Waals surface area contributed by atoms with Crippen LogP contribution in [-0.4, -0.2) is 65.0 Å². The molecule has 1 atom stereocenters. The molecule has 0 radical (unpaired) electrons. The van der Waals surface area contributed by atoms with Gasteiger partial charge in [-0.25, -0.2) is 28.6 Å². The number of aromatic nitrogens is 5. The Kier molecular flexibility index (Phi) is 10.7. The van der Waals surface area contributed by atoms with Gasteiger partial charge in [-0.2, -0.15) is 18.3 Å². The topological polar surface area (TPSA) is 129 Å². The summed E-state index contributed by atoms with van der Waals surface area (Å²) in [7, 11) is 0. The Morgan fingerprint density at radius 3 is 2.25 bits per heavy atom. The third kappa shape index (κ3) is 7.74. The predicted octanol–water partition coefficient (Wildman–Crippen LogP) is 8.50. The summed E-state index contributed by atoms with van der Waals surface area (Å²) in [4.78, 5) is 40.3. The summed E-state index contributed by atoms with van der Waals surface area (Å²) in [5.74, 6) is -2.26. The van der Waals surface area contributed by atoms with Gasteiger partial charge in [0, 0.05) is 54.6 Å². The SMILES string of the molecule is CCc1cccc(CC)c1-n1nc2c(c1-c1c(F)cc(CN(C(=O)OC(C)(C)C)[C@H](C(=O)O)C(C)C)c3[nH]ccc13)CN(c1ncc(C(F)(F)F)cn1)CC2. The van der Waals surface area contributed by atoms with E-state index in [2.05, 4.69) is 15.0 Å². The quantitative estimate of drug-likeness (QED) is 0.136.